The standard InChI is InChI=1S/C23H15FN4O2/c24-15-9-7-14(8-10-15)19-12-17(16-4-1-2-5-18(16)26-19)22(29)28-23-25-13-20(27-23)21-6-3-11-30-21/h1-13H,(H2,25,27,28,29). The van der Waals surface area contributed by atoms with Gasteiger partial charge in [-0.1, -0.05) is 18.2 Å². The number of carbonyl (C=O) groups is 1. The van der Waals surface area contributed by atoms with Crippen LogP contribution in [0.5, 0.6) is 0 Å². The first-order chi connectivity index (χ1) is 14.7. The lowest BCUT2D eigenvalue weighted by Gasteiger charge is -2.10. The molecule has 0 fully saturated rings. The molecule has 0 aliphatic rings. The van der Waals surface area contributed by atoms with Crippen LogP contribution in [0, 0.1) is 5.82 Å². The summed E-state index contributed by atoms with van der Waals surface area (Å²) in [6, 6.07) is 18.6. The number of anilines is 1. The number of amides is 1. The van der Waals surface area contributed by atoms with Gasteiger partial charge >= 0.3 is 0 Å². The van der Waals surface area contributed by atoms with Crippen LogP contribution in [-0.2, 0) is 0 Å². The van der Waals surface area contributed by atoms with E-state index in [1.165, 1.54) is 12.1 Å². The highest BCUT2D eigenvalue weighted by molar-refractivity contribution is 6.12. The number of carbonyl (C=O) groups excluding carboxylic acids is 1. The molecule has 5 aromatic rings. The van der Waals surface area contributed by atoms with E-state index in [9.17, 15) is 9.18 Å². The largest absolute Gasteiger partial charge is 0.463 e. The van der Waals surface area contributed by atoms with Gasteiger partial charge in [-0.3, -0.25) is 10.1 Å². The predicted octanol–water partition coefficient (Wildman–Crippen LogP) is 5.28. The molecule has 0 unspecified atom stereocenters. The molecule has 0 saturated heterocycles. The van der Waals surface area contributed by atoms with Crippen LogP contribution in [0.4, 0.5) is 10.3 Å². The van der Waals surface area contributed by atoms with Gasteiger partial charge in [0, 0.05) is 10.9 Å². The first-order valence-electron chi connectivity index (χ1n) is 9.23. The summed E-state index contributed by atoms with van der Waals surface area (Å²) in [7, 11) is 0. The summed E-state index contributed by atoms with van der Waals surface area (Å²) >= 11 is 0. The minimum absolute atomic E-state index is 0.302. The van der Waals surface area contributed by atoms with Crippen LogP contribution >= 0.6 is 0 Å². The molecule has 7 heteroatoms. The molecule has 0 aliphatic carbocycles. The van der Waals surface area contributed by atoms with Gasteiger partial charge in [0.2, 0.25) is 5.95 Å². The number of pyridine rings is 1. The number of halogens is 1. The second-order valence-electron chi connectivity index (χ2n) is 6.66. The fraction of sp³-hybridized carbons (Fsp3) is 0. The monoisotopic (exact) mass is 398 g/mol. The van der Waals surface area contributed by atoms with E-state index >= 15 is 0 Å². The van der Waals surface area contributed by atoms with Crippen LogP contribution in [0.2, 0.25) is 0 Å². The number of nitrogens with zero attached hydrogens (tertiary/aromatic N) is 2. The molecule has 2 N–H and O–H groups in total. The van der Waals surface area contributed by atoms with E-state index in [1.807, 2.05) is 24.3 Å². The SMILES string of the molecule is O=C(Nc1ncc(-c2ccco2)[nH]1)c1cc(-c2ccc(F)cc2)nc2ccccc12. The van der Waals surface area contributed by atoms with Crippen LogP contribution in [0.25, 0.3) is 33.6 Å². The lowest BCUT2D eigenvalue weighted by Crippen LogP contribution is -2.14. The Kier molecular flexibility index (Phi) is 4.33. The number of aromatic amines is 1. The smallest absolute Gasteiger partial charge is 0.258 e. The molecule has 146 valence electrons. The van der Waals surface area contributed by atoms with Crippen molar-refractivity contribution in [2.24, 2.45) is 0 Å². The molecule has 0 radical (unpaired) electrons. The fourth-order valence-corrected chi connectivity index (χ4v) is 3.25. The highest BCUT2D eigenvalue weighted by Gasteiger charge is 2.16. The van der Waals surface area contributed by atoms with E-state index in [0.29, 0.717) is 45.1 Å². The van der Waals surface area contributed by atoms with Crippen molar-refractivity contribution >= 4 is 22.8 Å². The molecule has 3 aromatic heterocycles. The fourth-order valence-electron chi connectivity index (χ4n) is 3.25. The maximum atomic E-state index is 13.3. The van der Waals surface area contributed by atoms with Crippen LogP contribution in [0.15, 0.2) is 83.6 Å². The zero-order chi connectivity index (χ0) is 20.5. The van der Waals surface area contributed by atoms with E-state index in [0.717, 1.165) is 0 Å². The second-order valence-corrected chi connectivity index (χ2v) is 6.66. The molecule has 30 heavy (non-hydrogen) atoms. The second kappa shape index (κ2) is 7.29. The number of hydrogen-bond acceptors (Lipinski definition) is 4. The quantitative estimate of drug-likeness (QED) is 0.432. The topological polar surface area (TPSA) is 83.8 Å². The normalized spacial score (nSPS) is 11.0. The van der Waals surface area contributed by atoms with Gasteiger partial charge in [0.25, 0.3) is 5.91 Å². The van der Waals surface area contributed by atoms with Crippen molar-refractivity contribution in [1.29, 1.82) is 0 Å². The summed E-state index contributed by atoms with van der Waals surface area (Å²) in [6.45, 7) is 0. The number of furan rings is 1. The minimum Gasteiger partial charge on any atom is -0.463 e. The number of rotatable bonds is 4. The number of nitrogens with one attached hydrogen (secondary N) is 2. The van der Waals surface area contributed by atoms with Gasteiger partial charge in [0.1, 0.15) is 11.5 Å². The maximum absolute atomic E-state index is 13.3. The first kappa shape index (κ1) is 17.8. The summed E-state index contributed by atoms with van der Waals surface area (Å²) in [4.78, 5) is 24.9. The first-order valence-corrected chi connectivity index (χ1v) is 9.23. The molecule has 0 spiro atoms. The third-order valence-electron chi connectivity index (χ3n) is 4.70. The lowest BCUT2D eigenvalue weighted by atomic mass is 10.0. The molecule has 0 atom stereocenters. The Morgan fingerprint density at radius 2 is 1.87 bits per heavy atom. The van der Waals surface area contributed by atoms with Crippen molar-refractivity contribution in [2.75, 3.05) is 5.32 Å². The summed E-state index contributed by atoms with van der Waals surface area (Å²) in [5, 5.41) is 3.49. The molecule has 0 saturated carbocycles. The van der Waals surface area contributed by atoms with Gasteiger partial charge in [-0.25, -0.2) is 14.4 Å². The number of H-pyrrole nitrogens is 1. The summed E-state index contributed by atoms with van der Waals surface area (Å²) in [5.74, 6) is 0.256. The van der Waals surface area contributed by atoms with Gasteiger partial charge in [-0.05, 0) is 48.5 Å². The van der Waals surface area contributed by atoms with Crippen molar-refractivity contribution in [3.8, 4) is 22.7 Å². The molecular formula is C23H15FN4O2. The van der Waals surface area contributed by atoms with Gasteiger partial charge < -0.3 is 9.40 Å². The van der Waals surface area contributed by atoms with Crippen molar-refractivity contribution in [3.63, 3.8) is 0 Å². The Morgan fingerprint density at radius 3 is 2.67 bits per heavy atom. The average molecular weight is 398 g/mol. The van der Waals surface area contributed by atoms with Gasteiger partial charge in [-0.2, -0.15) is 0 Å². The van der Waals surface area contributed by atoms with Crippen molar-refractivity contribution in [2.45, 2.75) is 0 Å². The third kappa shape index (κ3) is 3.33. The van der Waals surface area contributed by atoms with E-state index in [-0.39, 0.29) is 11.7 Å². The average Bonchev–Trinajstić information content (AvgIpc) is 3.45. The van der Waals surface area contributed by atoms with E-state index in [4.69, 9.17) is 4.42 Å². The van der Waals surface area contributed by atoms with Crippen molar-refractivity contribution in [3.05, 3.63) is 90.6 Å². The lowest BCUT2D eigenvalue weighted by molar-refractivity contribution is 0.102. The number of imidazole rings is 1. The Hall–Kier alpha value is -4.26. The number of hydrogen-bond donors (Lipinski definition) is 2. The van der Waals surface area contributed by atoms with E-state index in [1.54, 1.807) is 42.8 Å². The zero-order valence-corrected chi connectivity index (χ0v) is 15.6. The van der Waals surface area contributed by atoms with Gasteiger partial charge in [0.05, 0.1) is 29.2 Å². The van der Waals surface area contributed by atoms with Gasteiger partial charge in [-0.15, -0.1) is 0 Å². The summed E-state index contributed by atoms with van der Waals surface area (Å²) in [6.07, 6.45) is 3.15. The highest BCUT2D eigenvalue weighted by Crippen LogP contribution is 2.26. The number of para-hydroxylation sites is 1. The van der Waals surface area contributed by atoms with Crippen LogP contribution in [0.3, 0.4) is 0 Å². The molecular weight excluding hydrogens is 383 g/mol. The van der Waals surface area contributed by atoms with Crippen LogP contribution < -0.4 is 5.32 Å². The molecule has 3 heterocycles. The van der Waals surface area contributed by atoms with Crippen LogP contribution in [0.1, 0.15) is 10.4 Å². The summed E-state index contributed by atoms with van der Waals surface area (Å²) in [5.41, 5.74) is 3.06. The molecule has 6 nitrogen and oxygen atoms in total. The zero-order valence-electron chi connectivity index (χ0n) is 15.6. The van der Waals surface area contributed by atoms with E-state index in [2.05, 4.69) is 20.3 Å². The minimum atomic E-state index is -0.336. The molecule has 1 amide bonds. The Labute approximate surface area is 170 Å². The number of fused-ring (bicyclic) bond motifs is 1. The summed E-state index contributed by atoms with van der Waals surface area (Å²) < 4.78 is 18.6. The van der Waals surface area contributed by atoms with Crippen molar-refractivity contribution in [1.82, 2.24) is 15.0 Å². The predicted molar refractivity (Wildman–Crippen MR) is 111 cm³/mol. The van der Waals surface area contributed by atoms with Crippen molar-refractivity contribution < 1.29 is 13.6 Å². The Balaban J connectivity index is 1.52. The van der Waals surface area contributed by atoms with E-state index < -0.39 is 0 Å². The number of aromatic nitrogens is 3. The Morgan fingerprint density at radius 1 is 1.03 bits per heavy atom. The number of benzene rings is 2. The molecule has 0 bridgehead atoms. The molecule has 0 aliphatic heterocycles. The highest BCUT2D eigenvalue weighted by atomic mass is 19.1. The Bertz CT molecular complexity index is 1340. The maximum Gasteiger partial charge on any atom is 0.258 e. The van der Waals surface area contributed by atoms with Gasteiger partial charge in [0.15, 0.2) is 5.76 Å². The molecule has 5 rings (SSSR count). The van der Waals surface area contributed by atoms with Crippen LogP contribution in [-0.4, -0.2) is 20.9 Å². The third-order valence-corrected chi connectivity index (χ3v) is 4.70. The molecule has 2 aromatic carbocycles.